The standard InChI is InChI=1S/C21H32N4O.C2H4O2/c22-20(23)18-10-8-17(9-11-18)15-24-21(26)19-7-4-13-25(19)14-12-16-5-2-1-3-6-16;1-2(3)4/h8-11,16,19H,1-7,12-15H2,(H3,22,23)(H,24,26);1H3,(H,3,4)/t19-;/m0./s1. The number of benzene rings is 1. The Kier molecular flexibility index (Phi) is 9.80. The van der Waals surface area contributed by atoms with Crippen molar-refractivity contribution in [2.45, 2.75) is 70.9 Å². The van der Waals surface area contributed by atoms with Crippen molar-refractivity contribution in [1.82, 2.24) is 10.2 Å². The number of likely N-dealkylation sites (tertiary alicyclic amines) is 1. The molecule has 1 saturated carbocycles. The summed E-state index contributed by atoms with van der Waals surface area (Å²) in [6.45, 7) is 3.73. The van der Waals surface area contributed by atoms with Crippen molar-refractivity contribution in [2.75, 3.05) is 13.1 Å². The lowest BCUT2D eigenvalue weighted by molar-refractivity contribution is -0.134. The lowest BCUT2D eigenvalue weighted by Crippen LogP contribution is -2.43. The van der Waals surface area contributed by atoms with Gasteiger partial charge in [0.1, 0.15) is 5.84 Å². The molecule has 2 aliphatic rings. The van der Waals surface area contributed by atoms with E-state index in [1.54, 1.807) is 0 Å². The number of amides is 1. The first-order valence-electron chi connectivity index (χ1n) is 11.0. The largest absolute Gasteiger partial charge is 0.481 e. The molecule has 166 valence electrons. The van der Waals surface area contributed by atoms with Crippen molar-refractivity contribution in [3.63, 3.8) is 0 Å². The van der Waals surface area contributed by atoms with Gasteiger partial charge in [-0.1, -0.05) is 56.4 Å². The third kappa shape index (κ3) is 8.14. The summed E-state index contributed by atoms with van der Waals surface area (Å²) in [4.78, 5) is 24.0. The zero-order valence-electron chi connectivity index (χ0n) is 18.0. The number of amidine groups is 1. The van der Waals surface area contributed by atoms with Gasteiger partial charge in [0.2, 0.25) is 5.91 Å². The number of carboxylic acid groups (broad SMARTS) is 1. The van der Waals surface area contributed by atoms with E-state index >= 15 is 0 Å². The van der Waals surface area contributed by atoms with Gasteiger partial charge in [0.15, 0.2) is 0 Å². The molecule has 1 heterocycles. The number of rotatable bonds is 7. The van der Waals surface area contributed by atoms with E-state index in [1.165, 1.54) is 38.5 Å². The summed E-state index contributed by atoms with van der Waals surface area (Å²) in [5.41, 5.74) is 7.22. The second kappa shape index (κ2) is 12.3. The normalized spacial score (nSPS) is 19.6. The molecule has 1 aromatic rings. The second-order valence-corrected chi connectivity index (χ2v) is 8.33. The smallest absolute Gasteiger partial charge is 0.300 e. The molecule has 7 heteroatoms. The molecule has 30 heavy (non-hydrogen) atoms. The lowest BCUT2D eigenvalue weighted by atomic mass is 9.87. The van der Waals surface area contributed by atoms with Gasteiger partial charge in [-0.05, 0) is 43.8 Å². The second-order valence-electron chi connectivity index (χ2n) is 8.33. The highest BCUT2D eigenvalue weighted by Gasteiger charge is 2.30. The fourth-order valence-corrected chi connectivity index (χ4v) is 4.32. The van der Waals surface area contributed by atoms with Crippen LogP contribution in [0.15, 0.2) is 24.3 Å². The van der Waals surface area contributed by atoms with E-state index in [2.05, 4.69) is 10.2 Å². The van der Waals surface area contributed by atoms with Crippen LogP contribution in [0.1, 0.15) is 69.4 Å². The van der Waals surface area contributed by atoms with Crippen LogP contribution in [0.5, 0.6) is 0 Å². The maximum absolute atomic E-state index is 12.6. The summed E-state index contributed by atoms with van der Waals surface area (Å²) in [5.74, 6) is 0.259. The van der Waals surface area contributed by atoms with Gasteiger partial charge in [-0.15, -0.1) is 0 Å². The predicted molar refractivity (Wildman–Crippen MR) is 118 cm³/mol. The van der Waals surface area contributed by atoms with E-state index in [0.717, 1.165) is 44.3 Å². The minimum atomic E-state index is -0.833. The van der Waals surface area contributed by atoms with E-state index < -0.39 is 5.97 Å². The van der Waals surface area contributed by atoms with Crippen LogP contribution in [-0.4, -0.2) is 46.8 Å². The Morgan fingerprint density at radius 1 is 1.13 bits per heavy atom. The van der Waals surface area contributed by atoms with Crippen LogP contribution in [0.4, 0.5) is 0 Å². The topological polar surface area (TPSA) is 120 Å². The molecule has 2 fully saturated rings. The number of hydrogen-bond acceptors (Lipinski definition) is 4. The molecule has 1 saturated heterocycles. The van der Waals surface area contributed by atoms with Crippen LogP contribution in [0.2, 0.25) is 0 Å². The fraction of sp³-hybridized carbons (Fsp3) is 0.609. The molecule has 0 spiro atoms. The van der Waals surface area contributed by atoms with Gasteiger partial charge in [0.05, 0.1) is 6.04 Å². The Labute approximate surface area is 179 Å². The summed E-state index contributed by atoms with van der Waals surface area (Å²) in [6.07, 6.45) is 10.3. The van der Waals surface area contributed by atoms with Crippen LogP contribution >= 0.6 is 0 Å². The van der Waals surface area contributed by atoms with Crippen molar-refractivity contribution in [3.05, 3.63) is 35.4 Å². The van der Waals surface area contributed by atoms with Gasteiger partial charge < -0.3 is 16.2 Å². The Balaban J connectivity index is 0.000000735. The van der Waals surface area contributed by atoms with Gasteiger partial charge in [0.25, 0.3) is 5.97 Å². The van der Waals surface area contributed by atoms with Crippen LogP contribution in [0.25, 0.3) is 0 Å². The van der Waals surface area contributed by atoms with Crippen molar-refractivity contribution in [3.8, 4) is 0 Å². The van der Waals surface area contributed by atoms with E-state index in [9.17, 15) is 4.79 Å². The quantitative estimate of drug-likeness (QED) is 0.402. The zero-order chi connectivity index (χ0) is 21.9. The number of nitrogen functional groups attached to an aromatic ring is 1. The molecular formula is C23H36N4O3. The molecule has 7 nitrogen and oxygen atoms in total. The highest BCUT2D eigenvalue weighted by atomic mass is 16.4. The molecule has 1 aliphatic carbocycles. The molecule has 1 amide bonds. The molecule has 0 bridgehead atoms. The molecule has 0 aromatic heterocycles. The van der Waals surface area contributed by atoms with E-state index in [0.29, 0.717) is 12.1 Å². The highest BCUT2D eigenvalue weighted by Crippen LogP contribution is 2.28. The molecule has 0 unspecified atom stereocenters. The average Bonchev–Trinajstić information content (AvgIpc) is 3.20. The molecule has 0 radical (unpaired) electrons. The number of carbonyl (C=O) groups excluding carboxylic acids is 1. The maximum Gasteiger partial charge on any atom is 0.300 e. The van der Waals surface area contributed by atoms with Crippen LogP contribution in [0.3, 0.4) is 0 Å². The van der Waals surface area contributed by atoms with E-state index in [1.807, 2.05) is 24.3 Å². The molecule has 1 atom stereocenters. The van der Waals surface area contributed by atoms with Crippen LogP contribution < -0.4 is 11.1 Å². The van der Waals surface area contributed by atoms with Crippen molar-refractivity contribution in [1.29, 1.82) is 5.41 Å². The number of nitrogens with two attached hydrogens (primary N) is 1. The number of carbonyl (C=O) groups is 2. The van der Waals surface area contributed by atoms with Crippen molar-refractivity contribution < 1.29 is 14.7 Å². The average molecular weight is 417 g/mol. The Morgan fingerprint density at radius 2 is 1.77 bits per heavy atom. The monoisotopic (exact) mass is 416 g/mol. The number of carboxylic acids is 1. The number of hydrogen-bond donors (Lipinski definition) is 4. The summed E-state index contributed by atoms with van der Waals surface area (Å²) in [5, 5.41) is 17.9. The Bertz CT molecular complexity index is 695. The van der Waals surface area contributed by atoms with Gasteiger partial charge >= 0.3 is 0 Å². The van der Waals surface area contributed by atoms with E-state index in [-0.39, 0.29) is 17.8 Å². The molecule has 1 aromatic carbocycles. The summed E-state index contributed by atoms with van der Waals surface area (Å²) in [6, 6.07) is 7.54. The third-order valence-corrected chi connectivity index (χ3v) is 5.95. The number of nitrogens with zero attached hydrogens (tertiary/aromatic N) is 1. The highest BCUT2D eigenvalue weighted by molar-refractivity contribution is 5.94. The van der Waals surface area contributed by atoms with Crippen molar-refractivity contribution >= 4 is 17.7 Å². The molecule has 5 N–H and O–H groups in total. The third-order valence-electron chi connectivity index (χ3n) is 5.95. The minimum absolute atomic E-state index is 0.0371. The first-order chi connectivity index (χ1) is 14.4. The van der Waals surface area contributed by atoms with Gasteiger partial charge in [-0.3, -0.25) is 19.9 Å². The van der Waals surface area contributed by atoms with Gasteiger partial charge in [-0.25, -0.2) is 0 Å². The van der Waals surface area contributed by atoms with E-state index in [4.69, 9.17) is 21.0 Å². The summed E-state index contributed by atoms with van der Waals surface area (Å²) in [7, 11) is 0. The van der Waals surface area contributed by atoms with Crippen LogP contribution in [0, 0.1) is 11.3 Å². The first kappa shape index (κ1) is 23.9. The molecule has 1 aliphatic heterocycles. The zero-order valence-corrected chi connectivity index (χ0v) is 18.0. The lowest BCUT2D eigenvalue weighted by Gasteiger charge is -2.27. The number of nitrogens with one attached hydrogen (secondary N) is 2. The Hall–Kier alpha value is -2.41. The molecule has 3 rings (SSSR count). The summed E-state index contributed by atoms with van der Waals surface area (Å²) >= 11 is 0. The number of aliphatic carboxylic acids is 1. The summed E-state index contributed by atoms with van der Waals surface area (Å²) < 4.78 is 0. The first-order valence-corrected chi connectivity index (χ1v) is 11.0. The predicted octanol–water partition coefficient (Wildman–Crippen LogP) is 3.11. The van der Waals surface area contributed by atoms with Gasteiger partial charge in [-0.2, -0.15) is 0 Å². The minimum Gasteiger partial charge on any atom is -0.481 e. The molecular weight excluding hydrogens is 380 g/mol. The van der Waals surface area contributed by atoms with Gasteiger partial charge in [0, 0.05) is 19.0 Å². The SMILES string of the molecule is CC(=O)O.N=C(N)c1ccc(CNC(=O)[C@@H]2CCCN2CCC2CCCCC2)cc1. The Morgan fingerprint density at radius 3 is 2.37 bits per heavy atom. The fourth-order valence-electron chi connectivity index (χ4n) is 4.32. The van der Waals surface area contributed by atoms with Crippen LogP contribution in [-0.2, 0) is 16.1 Å². The maximum atomic E-state index is 12.6. The van der Waals surface area contributed by atoms with Crippen molar-refractivity contribution in [2.24, 2.45) is 11.7 Å².